The summed E-state index contributed by atoms with van der Waals surface area (Å²) in [5.74, 6) is 0.837. The number of rotatable bonds is 4. The summed E-state index contributed by atoms with van der Waals surface area (Å²) in [6.45, 7) is 23.2. The van der Waals surface area contributed by atoms with Crippen LogP contribution in [0.3, 0.4) is 0 Å². The molecule has 0 unspecified atom stereocenters. The zero-order valence-corrected chi connectivity index (χ0v) is 12.4. The van der Waals surface area contributed by atoms with Gasteiger partial charge in [-0.2, -0.15) is 0 Å². The lowest BCUT2D eigenvalue weighted by atomic mass is 9.92. The minimum Gasteiger partial charge on any atom is -0.546 e. The van der Waals surface area contributed by atoms with Crippen molar-refractivity contribution >= 4 is 8.32 Å². The SMILES string of the molecule is C=CC(C)(C)C(=C)O[Si](C)(C)C(C)(C)C. The third-order valence-electron chi connectivity index (χ3n) is 3.41. The molecule has 0 heterocycles. The van der Waals surface area contributed by atoms with Gasteiger partial charge in [0.25, 0.3) is 0 Å². The van der Waals surface area contributed by atoms with Crippen LogP contribution in [0.4, 0.5) is 0 Å². The molecule has 2 heteroatoms. The molecule has 0 N–H and O–H groups in total. The van der Waals surface area contributed by atoms with Crippen molar-refractivity contribution in [2.45, 2.75) is 52.8 Å². The maximum absolute atomic E-state index is 6.13. The second-order valence-electron chi connectivity index (χ2n) is 6.21. The molecule has 0 amide bonds. The van der Waals surface area contributed by atoms with Gasteiger partial charge in [0.15, 0.2) is 0 Å². The van der Waals surface area contributed by atoms with Gasteiger partial charge in [0.2, 0.25) is 8.32 Å². The molecular formula is C13H26OSi. The Morgan fingerprint density at radius 2 is 1.53 bits per heavy atom. The molecule has 0 aliphatic carbocycles. The molecule has 0 aromatic carbocycles. The maximum Gasteiger partial charge on any atom is 0.250 e. The normalized spacial score (nSPS) is 13.5. The van der Waals surface area contributed by atoms with Crippen molar-refractivity contribution in [3.63, 3.8) is 0 Å². The van der Waals surface area contributed by atoms with Gasteiger partial charge in [-0.25, -0.2) is 0 Å². The quantitative estimate of drug-likeness (QED) is 0.382. The Balaban J connectivity index is 4.77. The number of allylic oxidation sites excluding steroid dienone is 1. The first-order valence-corrected chi connectivity index (χ1v) is 8.37. The summed E-state index contributed by atoms with van der Waals surface area (Å²) in [5.41, 5.74) is -0.143. The van der Waals surface area contributed by atoms with Crippen LogP contribution >= 0.6 is 0 Å². The minimum absolute atomic E-state index is 0.143. The Hall–Kier alpha value is -0.503. The molecule has 15 heavy (non-hydrogen) atoms. The highest BCUT2D eigenvalue weighted by molar-refractivity contribution is 6.74. The summed E-state index contributed by atoms with van der Waals surface area (Å²) in [4.78, 5) is 0. The highest BCUT2D eigenvalue weighted by atomic mass is 28.4. The zero-order valence-electron chi connectivity index (χ0n) is 11.4. The van der Waals surface area contributed by atoms with E-state index in [1.807, 2.05) is 6.08 Å². The molecular weight excluding hydrogens is 200 g/mol. The van der Waals surface area contributed by atoms with E-state index in [-0.39, 0.29) is 10.5 Å². The summed E-state index contributed by atoms with van der Waals surface area (Å²) >= 11 is 0. The van der Waals surface area contributed by atoms with Crippen LogP contribution in [0.1, 0.15) is 34.6 Å². The fourth-order valence-electron chi connectivity index (χ4n) is 0.706. The minimum atomic E-state index is -1.74. The predicted molar refractivity (Wildman–Crippen MR) is 71.4 cm³/mol. The highest BCUT2D eigenvalue weighted by Crippen LogP contribution is 2.40. The molecule has 0 saturated heterocycles. The number of hydrogen-bond acceptors (Lipinski definition) is 1. The molecule has 0 saturated carbocycles. The summed E-state index contributed by atoms with van der Waals surface area (Å²) < 4.78 is 6.13. The Morgan fingerprint density at radius 1 is 1.13 bits per heavy atom. The van der Waals surface area contributed by atoms with Crippen LogP contribution in [0, 0.1) is 5.41 Å². The van der Waals surface area contributed by atoms with Crippen LogP contribution in [0.2, 0.25) is 18.1 Å². The summed E-state index contributed by atoms with van der Waals surface area (Å²) in [5, 5.41) is 0.215. The topological polar surface area (TPSA) is 9.23 Å². The fraction of sp³-hybridized carbons (Fsp3) is 0.692. The van der Waals surface area contributed by atoms with Crippen molar-refractivity contribution in [1.82, 2.24) is 0 Å². The van der Waals surface area contributed by atoms with E-state index in [0.717, 1.165) is 5.76 Å². The Morgan fingerprint density at radius 3 is 1.80 bits per heavy atom. The molecule has 0 rings (SSSR count). The predicted octanol–water partition coefficient (Wildman–Crippen LogP) is 4.73. The molecule has 0 aromatic rings. The largest absolute Gasteiger partial charge is 0.546 e. The van der Waals surface area contributed by atoms with E-state index in [4.69, 9.17) is 4.43 Å². The lowest BCUT2D eigenvalue weighted by Crippen LogP contribution is -2.41. The van der Waals surface area contributed by atoms with E-state index in [1.165, 1.54) is 0 Å². The average molecular weight is 226 g/mol. The molecule has 88 valence electrons. The van der Waals surface area contributed by atoms with E-state index in [2.05, 4.69) is 60.9 Å². The second kappa shape index (κ2) is 4.16. The maximum atomic E-state index is 6.13. The van der Waals surface area contributed by atoms with E-state index in [0.29, 0.717) is 0 Å². The van der Waals surface area contributed by atoms with Gasteiger partial charge in [0, 0.05) is 5.41 Å². The van der Waals surface area contributed by atoms with Gasteiger partial charge in [-0.1, -0.05) is 33.4 Å². The van der Waals surface area contributed by atoms with E-state index in [9.17, 15) is 0 Å². The summed E-state index contributed by atoms with van der Waals surface area (Å²) in [6.07, 6.45) is 1.89. The average Bonchev–Trinajstić information content (AvgIpc) is 2.01. The molecule has 0 bridgehead atoms. The first kappa shape index (κ1) is 14.5. The van der Waals surface area contributed by atoms with Gasteiger partial charge in [0.05, 0.1) is 5.76 Å². The van der Waals surface area contributed by atoms with Crippen molar-refractivity contribution in [1.29, 1.82) is 0 Å². The van der Waals surface area contributed by atoms with Crippen LogP contribution < -0.4 is 0 Å². The zero-order chi connectivity index (χ0) is 12.5. The Bertz CT molecular complexity index is 256. The van der Waals surface area contributed by atoms with Gasteiger partial charge in [-0.3, -0.25) is 0 Å². The number of hydrogen-bond donors (Lipinski definition) is 0. The Kier molecular flexibility index (Phi) is 4.03. The van der Waals surface area contributed by atoms with Crippen LogP contribution in [0.15, 0.2) is 25.0 Å². The first-order chi connectivity index (χ1) is 6.44. The molecule has 0 aliphatic heterocycles. The molecule has 0 atom stereocenters. The van der Waals surface area contributed by atoms with Crippen LogP contribution in [0.25, 0.3) is 0 Å². The van der Waals surface area contributed by atoms with Crippen LogP contribution in [-0.4, -0.2) is 8.32 Å². The second-order valence-corrected chi connectivity index (χ2v) is 10.9. The van der Waals surface area contributed by atoms with Gasteiger partial charge in [-0.05, 0) is 32.0 Å². The molecule has 0 aliphatic rings. The van der Waals surface area contributed by atoms with E-state index < -0.39 is 8.32 Å². The molecule has 0 radical (unpaired) electrons. The lowest BCUT2D eigenvalue weighted by Gasteiger charge is -2.40. The third kappa shape index (κ3) is 3.52. The first-order valence-electron chi connectivity index (χ1n) is 5.46. The van der Waals surface area contributed by atoms with Crippen molar-refractivity contribution < 1.29 is 4.43 Å². The monoisotopic (exact) mass is 226 g/mol. The van der Waals surface area contributed by atoms with Crippen molar-refractivity contribution in [3.8, 4) is 0 Å². The molecule has 0 aromatic heterocycles. The van der Waals surface area contributed by atoms with Crippen LogP contribution in [0.5, 0.6) is 0 Å². The van der Waals surface area contributed by atoms with Gasteiger partial charge in [0.1, 0.15) is 0 Å². The fourth-order valence-corrected chi connectivity index (χ4v) is 1.89. The standard InChI is InChI=1S/C13H26OSi/c1-10-13(6,7)11(2)14-15(8,9)12(3,4)5/h10H,1-2H2,3-9H3. The smallest absolute Gasteiger partial charge is 0.250 e. The van der Waals surface area contributed by atoms with Gasteiger partial charge < -0.3 is 4.43 Å². The van der Waals surface area contributed by atoms with Crippen LogP contribution in [-0.2, 0) is 4.43 Å². The Labute approximate surface area is 96.4 Å². The van der Waals surface area contributed by atoms with E-state index in [1.54, 1.807) is 0 Å². The van der Waals surface area contributed by atoms with Gasteiger partial charge >= 0.3 is 0 Å². The lowest BCUT2D eigenvalue weighted by molar-refractivity contribution is 0.299. The van der Waals surface area contributed by atoms with Crippen molar-refractivity contribution in [2.24, 2.45) is 5.41 Å². The highest BCUT2D eigenvalue weighted by Gasteiger charge is 2.40. The molecule has 1 nitrogen and oxygen atoms in total. The van der Waals surface area contributed by atoms with E-state index >= 15 is 0 Å². The summed E-state index contributed by atoms with van der Waals surface area (Å²) in [7, 11) is -1.74. The van der Waals surface area contributed by atoms with Crippen molar-refractivity contribution in [2.75, 3.05) is 0 Å². The molecule has 0 spiro atoms. The van der Waals surface area contributed by atoms with Crippen molar-refractivity contribution in [3.05, 3.63) is 25.0 Å². The molecule has 0 fully saturated rings. The third-order valence-corrected chi connectivity index (χ3v) is 7.78. The van der Waals surface area contributed by atoms with Gasteiger partial charge in [-0.15, -0.1) is 6.58 Å². The summed E-state index contributed by atoms with van der Waals surface area (Å²) in [6, 6.07) is 0.